The van der Waals surface area contributed by atoms with E-state index in [0.29, 0.717) is 24.4 Å². The predicted octanol–water partition coefficient (Wildman–Crippen LogP) is 3.68. The number of nitrogens with two attached hydrogens (primary N) is 1. The Labute approximate surface area is 138 Å². The third-order valence-corrected chi connectivity index (χ3v) is 3.33. The van der Waals surface area contributed by atoms with Crippen LogP contribution in [0.3, 0.4) is 0 Å². The van der Waals surface area contributed by atoms with Crippen molar-refractivity contribution in [3.8, 4) is 5.75 Å². The fourth-order valence-corrected chi connectivity index (χ4v) is 2.09. The molecule has 24 heavy (non-hydrogen) atoms. The Morgan fingerprint density at radius 3 is 2.42 bits per heavy atom. The number of benzene rings is 2. The first-order valence-electron chi connectivity index (χ1n) is 7.26. The van der Waals surface area contributed by atoms with E-state index in [-0.39, 0.29) is 5.96 Å². The van der Waals surface area contributed by atoms with E-state index in [1.807, 2.05) is 12.1 Å². The van der Waals surface area contributed by atoms with Crippen LogP contribution >= 0.6 is 0 Å². The highest BCUT2D eigenvalue weighted by molar-refractivity contribution is 5.93. The molecule has 0 aliphatic carbocycles. The third kappa shape index (κ3) is 4.91. The van der Waals surface area contributed by atoms with Gasteiger partial charge in [0.05, 0.1) is 18.4 Å². The molecule has 2 rings (SSSR count). The van der Waals surface area contributed by atoms with Gasteiger partial charge in [-0.2, -0.15) is 13.2 Å². The Kier molecular flexibility index (Phi) is 5.68. The van der Waals surface area contributed by atoms with Gasteiger partial charge in [0, 0.05) is 6.54 Å². The van der Waals surface area contributed by atoms with E-state index in [2.05, 4.69) is 10.3 Å². The van der Waals surface area contributed by atoms with Gasteiger partial charge in [0.25, 0.3) is 0 Å². The van der Waals surface area contributed by atoms with Crippen LogP contribution in [0.25, 0.3) is 0 Å². The third-order valence-electron chi connectivity index (χ3n) is 3.33. The SMILES string of the molecule is COc1ccccc1NC(N)=NCCc1ccc(C(F)(F)F)cc1. The Hall–Kier alpha value is -2.70. The quantitative estimate of drug-likeness (QED) is 0.646. The second-order valence-corrected chi connectivity index (χ2v) is 5.04. The minimum absolute atomic E-state index is 0.214. The Bertz CT molecular complexity index is 697. The van der Waals surface area contributed by atoms with Crippen molar-refractivity contribution < 1.29 is 17.9 Å². The molecule has 128 valence electrons. The summed E-state index contributed by atoms with van der Waals surface area (Å²) in [6, 6.07) is 12.3. The van der Waals surface area contributed by atoms with Gasteiger partial charge >= 0.3 is 6.18 Å². The first-order valence-corrected chi connectivity index (χ1v) is 7.26. The van der Waals surface area contributed by atoms with Gasteiger partial charge in [0.1, 0.15) is 5.75 Å². The van der Waals surface area contributed by atoms with Crippen molar-refractivity contribution in [3.05, 3.63) is 59.7 Å². The summed E-state index contributed by atoms with van der Waals surface area (Å²) in [6.45, 7) is 0.360. The van der Waals surface area contributed by atoms with Gasteiger partial charge in [-0.05, 0) is 36.2 Å². The number of ether oxygens (including phenoxy) is 1. The van der Waals surface area contributed by atoms with Crippen LogP contribution in [-0.4, -0.2) is 19.6 Å². The highest BCUT2D eigenvalue weighted by atomic mass is 19.4. The molecule has 4 nitrogen and oxygen atoms in total. The molecule has 0 unspecified atom stereocenters. The van der Waals surface area contributed by atoms with E-state index < -0.39 is 11.7 Å². The molecule has 7 heteroatoms. The lowest BCUT2D eigenvalue weighted by Crippen LogP contribution is -2.23. The molecule has 0 aliphatic heterocycles. The highest BCUT2D eigenvalue weighted by Gasteiger charge is 2.29. The maximum absolute atomic E-state index is 12.5. The normalized spacial score (nSPS) is 12.1. The van der Waals surface area contributed by atoms with Crippen LogP contribution < -0.4 is 15.8 Å². The molecule has 0 saturated carbocycles. The Balaban J connectivity index is 1.91. The summed E-state index contributed by atoms with van der Waals surface area (Å²) in [5.74, 6) is 0.852. The number of halogens is 3. The van der Waals surface area contributed by atoms with Crippen LogP contribution in [0.1, 0.15) is 11.1 Å². The molecule has 0 aliphatic rings. The topological polar surface area (TPSA) is 59.6 Å². The standard InChI is InChI=1S/C17H18F3N3O/c1-24-15-5-3-2-4-14(15)23-16(21)22-11-10-12-6-8-13(9-7-12)17(18,19)20/h2-9H,10-11H2,1H3,(H3,21,22,23). The minimum atomic E-state index is -4.32. The molecule has 0 spiro atoms. The van der Waals surface area contributed by atoms with Crippen LogP contribution in [0.5, 0.6) is 5.75 Å². The Morgan fingerprint density at radius 1 is 1.12 bits per heavy atom. The number of guanidine groups is 1. The van der Waals surface area contributed by atoms with Crippen LogP contribution in [-0.2, 0) is 12.6 Å². The van der Waals surface area contributed by atoms with E-state index in [1.165, 1.54) is 12.1 Å². The summed E-state index contributed by atoms with van der Waals surface area (Å²) in [7, 11) is 1.55. The van der Waals surface area contributed by atoms with Gasteiger partial charge < -0.3 is 15.8 Å². The van der Waals surface area contributed by atoms with Crippen LogP contribution in [0.2, 0.25) is 0 Å². The predicted molar refractivity (Wildman–Crippen MR) is 88.3 cm³/mol. The highest BCUT2D eigenvalue weighted by Crippen LogP contribution is 2.29. The maximum atomic E-state index is 12.5. The average molecular weight is 337 g/mol. The van der Waals surface area contributed by atoms with Crippen molar-refractivity contribution in [1.82, 2.24) is 0 Å². The average Bonchev–Trinajstić information content (AvgIpc) is 2.55. The summed E-state index contributed by atoms with van der Waals surface area (Å²) in [6.07, 6.45) is -3.83. The minimum Gasteiger partial charge on any atom is -0.495 e. The van der Waals surface area contributed by atoms with E-state index in [9.17, 15) is 13.2 Å². The van der Waals surface area contributed by atoms with Gasteiger partial charge in [-0.15, -0.1) is 0 Å². The molecule has 2 aromatic carbocycles. The fourth-order valence-electron chi connectivity index (χ4n) is 2.09. The molecule has 0 aromatic heterocycles. The number of para-hydroxylation sites is 2. The van der Waals surface area contributed by atoms with Crippen molar-refractivity contribution in [2.45, 2.75) is 12.6 Å². The monoisotopic (exact) mass is 337 g/mol. The van der Waals surface area contributed by atoms with Crippen LogP contribution in [0.4, 0.5) is 18.9 Å². The first kappa shape index (κ1) is 17.7. The zero-order valence-corrected chi connectivity index (χ0v) is 13.1. The molecule has 0 amide bonds. The molecule has 0 bridgehead atoms. The number of aliphatic imine (C=N–C) groups is 1. The smallest absolute Gasteiger partial charge is 0.416 e. The molecule has 2 aromatic rings. The van der Waals surface area contributed by atoms with E-state index in [0.717, 1.165) is 17.7 Å². The summed E-state index contributed by atoms with van der Waals surface area (Å²) < 4.78 is 42.7. The summed E-state index contributed by atoms with van der Waals surface area (Å²) in [5, 5.41) is 2.93. The molecule has 0 fully saturated rings. The van der Waals surface area contributed by atoms with Crippen molar-refractivity contribution >= 4 is 11.6 Å². The second-order valence-electron chi connectivity index (χ2n) is 5.04. The maximum Gasteiger partial charge on any atom is 0.416 e. The van der Waals surface area contributed by atoms with Crippen LogP contribution in [0, 0.1) is 0 Å². The van der Waals surface area contributed by atoms with Crippen LogP contribution in [0.15, 0.2) is 53.5 Å². The van der Waals surface area contributed by atoms with Gasteiger partial charge in [-0.25, -0.2) is 0 Å². The fraction of sp³-hybridized carbons (Fsp3) is 0.235. The van der Waals surface area contributed by atoms with E-state index >= 15 is 0 Å². The van der Waals surface area contributed by atoms with Crippen molar-refractivity contribution in [3.63, 3.8) is 0 Å². The molecule has 3 N–H and O–H groups in total. The largest absolute Gasteiger partial charge is 0.495 e. The second kappa shape index (κ2) is 7.72. The first-order chi connectivity index (χ1) is 11.4. The van der Waals surface area contributed by atoms with E-state index in [4.69, 9.17) is 10.5 Å². The summed E-state index contributed by atoms with van der Waals surface area (Å²) in [4.78, 5) is 4.17. The molecular weight excluding hydrogens is 319 g/mol. The molecule has 0 saturated heterocycles. The number of methoxy groups -OCH3 is 1. The molecule has 0 radical (unpaired) electrons. The van der Waals surface area contributed by atoms with Crippen molar-refractivity contribution in [2.75, 3.05) is 19.0 Å². The van der Waals surface area contributed by atoms with Crippen molar-refractivity contribution in [1.29, 1.82) is 0 Å². The molecule has 0 heterocycles. The molecule has 0 atom stereocenters. The molecular formula is C17H18F3N3O. The zero-order chi connectivity index (χ0) is 17.6. The Morgan fingerprint density at radius 2 is 1.79 bits per heavy atom. The lowest BCUT2D eigenvalue weighted by molar-refractivity contribution is -0.137. The number of hydrogen-bond acceptors (Lipinski definition) is 2. The lowest BCUT2D eigenvalue weighted by atomic mass is 10.1. The van der Waals surface area contributed by atoms with E-state index in [1.54, 1.807) is 19.2 Å². The zero-order valence-electron chi connectivity index (χ0n) is 13.1. The van der Waals surface area contributed by atoms with Gasteiger partial charge in [0.15, 0.2) is 5.96 Å². The van der Waals surface area contributed by atoms with Gasteiger partial charge in [-0.3, -0.25) is 4.99 Å². The van der Waals surface area contributed by atoms with Gasteiger partial charge in [0.2, 0.25) is 0 Å². The summed E-state index contributed by atoms with van der Waals surface area (Å²) >= 11 is 0. The van der Waals surface area contributed by atoms with Crippen molar-refractivity contribution in [2.24, 2.45) is 10.7 Å². The number of alkyl halides is 3. The number of hydrogen-bond donors (Lipinski definition) is 2. The number of nitrogens with zero attached hydrogens (tertiary/aromatic N) is 1. The van der Waals surface area contributed by atoms with Gasteiger partial charge in [-0.1, -0.05) is 24.3 Å². The lowest BCUT2D eigenvalue weighted by Gasteiger charge is -2.10. The number of nitrogens with one attached hydrogen (secondary N) is 1. The number of rotatable bonds is 5. The summed E-state index contributed by atoms with van der Waals surface area (Å²) in [5.41, 5.74) is 6.60. The number of anilines is 1.